The van der Waals surface area contributed by atoms with Crippen molar-refractivity contribution in [1.82, 2.24) is 10.6 Å². The Kier molecular flexibility index (Phi) is 4.15. The van der Waals surface area contributed by atoms with E-state index in [2.05, 4.69) is 17.2 Å². The molecule has 1 fully saturated rings. The quantitative estimate of drug-likeness (QED) is 0.607. The van der Waals surface area contributed by atoms with Crippen LogP contribution in [-0.2, 0) is 4.79 Å². The van der Waals surface area contributed by atoms with Crippen LogP contribution in [0.1, 0.15) is 25.7 Å². The van der Waals surface area contributed by atoms with Gasteiger partial charge in [-0.1, -0.05) is 19.4 Å². The van der Waals surface area contributed by atoms with Gasteiger partial charge in [0, 0.05) is 6.04 Å². The third kappa shape index (κ3) is 3.61. The normalized spacial score (nSPS) is 25.3. The van der Waals surface area contributed by atoms with Gasteiger partial charge in [0.1, 0.15) is 0 Å². The van der Waals surface area contributed by atoms with Crippen LogP contribution in [0, 0.1) is 0 Å². The molecule has 1 saturated carbocycles. The highest BCUT2D eigenvalue weighted by atomic mass is 16.4. The Morgan fingerprint density at radius 2 is 1.73 bits per heavy atom. The van der Waals surface area contributed by atoms with Gasteiger partial charge >= 0.3 is 6.09 Å². The van der Waals surface area contributed by atoms with E-state index in [4.69, 9.17) is 5.11 Å². The molecule has 0 radical (unpaired) electrons. The third-order valence-electron chi connectivity index (χ3n) is 2.59. The lowest BCUT2D eigenvalue weighted by atomic mass is 9.90. The second-order valence-corrected chi connectivity index (χ2v) is 3.66. The largest absolute Gasteiger partial charge is 0.465 e. The maximum absolute atomic E-state index is 11.1. The average Bonchev–Trinajstić information content (AvgIpc) is 2.20. The summed E-state index contributed by atoms with van der Waals surface area (Å²) >= 11 is 0. The van der Waals surface area contributed by atoms with Crippen molar-refractivity contribution in [2.24, 2.45) is 0 Å². The van der Waals surface area contributed by atoms with Gasteiger partial charge in [0.2, 0.25) is 5.91 Å². The first kappa shape index (κ1) is 11.6. The number of hydrogen-bond donors (Lipinski definition) is 3. The smallest absolute Gasteiger partial charge is 0.404 e. The fourth-order valence-electron chi connectivity index (χ4n) is 1.88. The molecule has 0 aliphatic heterocycles. The van der Waals surface area contributed by atoms with E-state index in [0.717, 1.165) is 25.7 Å². The summed E-state index contributed by atoms with van der Waals surface area (Å²) in [6.45, 7) is 3.36. The SMILES string of the molecule is C=CC(=O)N[C@H]1CCCC[C@H]1NC(=O)O. The zero-order valence-electron chi connectivity index (χ0n) is 8.53. The van der Waals surface area contributed by atoms with Crippen LogP contribution in [0.4, 0.5) is 4.79 Å². The Balaban J connectivity index is 2.52. The van der Waals surface area contributed by atoms with Gasteiger partial charge < -0.3 is 15.7 Å². The van der Waals surface area contributed by atoms with E-state index in [0.29, 0.717) is 0 Å². The van der Waals surface area contributed by atoms with Gasteiger partial charge in [-0.3, -0.25) is 4.79 Å². The van der Waals surface area contributed by atoms with Crippen molar-refractivity contribution in [3.05, 3.63) is 12.7 Å². The number of rotatable bonds is 3. The van der Waals surface area contributed by atoms with Gasteiger partial charge in [-0.2, -0.15) is 0 Å². The van der Waals surface area contributed by atoms with Crippen molar-refractivity contribution < 1.29 is 14.7 Å². The highest BCUT2D eigenvalue weighted by Gasteiger charge is 2.26. The summed E-state index contributed by atoms with van der Waals surface area (Å²) in [4.78, 5) is 21.6. The minimum absolute atomic E-state index is 0.111. The summed E-state index contributed by atoms with van der Waals surface area (Å²) in [7, 11) is 0. The van der Waals surface area contributed by atoms with Gasteiger partial charge in [-0.15, -0.1) is 0 Å². The van der Waals surface area contributed by atoms with E-state index < -0.39 is 6.09 Å². The molecular formula is C10H16N2O3. The number of carbonyl (C=O) groups is 2. The summed E-state index contributed by atoms with van der Waals surface area (Å²) in [6.07, 6.45) is 3.75. The standard InChI is InChI=1S/C10H16N2O3/c1-2-9(13)11-7-5-3-4-6-8(7)12-10(14)15/h2,7-8,12H,1,3-6H2,(H,11,13)(H,14,15)/t7-,8+/m0/s1. The molecule has 2 atom stereocenters. The molecule has 0 heterocycles. The molecule has 84 valence electrons. The Morgan fingerprint density at radius 3 is 2.20 bits per heavy atom. The van der Waals surface area contributed by atoms with Gasteiger partial charge in [-0.05, 0) is 18.9 Å². The molecule has 5 nitrogen and oxygen atoms in total. The summed E-state index contributed by atoms with van der Waals surface area (Å²) in [5, 5.41) is 13.8. The molecule has 2 amide bonds. The lowest BCUT2D eigenvalue weighted by molar-refractivity contribution is -0.117. The minimum Gasteiger partial charge on any atom is -0.465 e. The van der Waals surface area contributed by atoms with Crippen molar-refractivity contribution in [3.63, 3.8) is 0 Å². The summed E-state index contributed by atoms with van der Waals surface area (Å²) < 4.78 is 0. The number of carbonyl (C=O) groups excluding carboxylic acids is 1. The van der Waals surface area contributed by atoms with Crippen molar-refractivity contribution in [3.8, 4) is 0 Å². The maximum atomic E-state index is 11.1. The number of hydrogen-bond acceptors (Lipinski definition) is 2. The highest BCUT2D eigenvalue weighted by molar-refractivity contribution is 5.87. The first-order valence-electron chi connectivity index (χ1n) is 5.06. The van der Waals surface area contributed by atoms with Crippen LogP contribution < -0.4 is 10.6 Å². The number of amides is 2. The second kappa shape index (κ2) is 5.38. The van der Waals surface area contributed by atoms with Crippen LogP contribution in [0.2, 0.25) is 0 Å². The number of carboxylic acid groups (broad SMARTS) is 1. The van der Waals surface area contributed by atoms with Crippen molar-refractivity contribution in [2.75, 3.05) is 0 Å². The molecule has 3 N–H and O–H groups in total. The van der Waals surface area contributed by atoms with E-state index in [-0.39, 0.29) is 18.0 Å². The Hall–Kier alpha value is -1.52. The first-order valence-corrected chi connectivity index (χ1v) is 5.06. The van der Waals surface area contributed by atoms with Gasteiger partial charge in [-0.25, -0.2) is 4.79 Å². The molecule has 0 saturated heterocycles. The summed E-state index contributed by atoms with van der Waals surface area (Å²) in [6, 6.07) is -0.291. The van der Waals surface area contributed by atoms with Crippen LogP contribution in [0.15, 0.2) is 12.7 Å². The minimum atomic E-state index is -1.04. The van der Waals surface area contributed by atoms with Crippen LogP contribution in [0.25, 0.3) is 0 Å². The average molecular weight is 212 g/mol. The van der Waals surface area contributed by atoms with Gasteiger partial charge in [0.05, 0.1) is 6.04 Å². The molecule has 1 aliphatic rings. The van der Waals surface area contributed by atoms with E-state index in [1.165, 1.54) is 6.08 Å². The highest BCUT2D eigenvalue weighted by Crippen LogP contribution is 2.18. The van der Waals surface area contributed by atoms with Gasteiger partial charge in [0.25, 0.3) is 0 Å². The van der Waals surface area contributed by atoms with E-state index in [1.54, 1.807) is 0 Å². The first-order chi connectivity index (χ1) is 7.13. The van der Waals surface area contributed by atoms with Crippen molar-refractivity contribution in [1.29, 1.82) is 0 Å². The lowest BCUT2D eigenvalue weighted by Gasteiger charge is -2.31. The molecule has 1 rings (SSSR count). The fraction of sp³-hybridized carbons (Fsp3) is 0.600. The molecule has 0 aromatic rings. The molecule has 1 aliphatic carbocycles. The fourth-order valence-corrected chi connectivity index (χ4v) is 1.88. The Labute approximate surface area is 88.5 Å². The molecule has 0 bridgehead atoms. The maximum Gasteiger partial charge on any atom is 0.404 e. The van der Waals surface area contributed by atoms with E-state index >= 15 is 0 Å². The topological polar surface area (TPSA) is 78.4 Å². The molecule has 0 spiro atoms. The second-order valence-electron chi connectivity index (χ2n) is 3.66. The van der Waals surface area contributed by atoms with Crippen LogP contribution in [0.3, 0.4) is 0 Å². The third-order valence-corrected chi connectivity index (χ3v) is 2.59. The molecule has 15 heavy (non-hydrogen) atoms. The van der Waals surface area contributed by atoms with Crippen LogP contribution in [0.5, 0.6) is 0 Å². The molecule has 0 aromatic heterocycles. The summed E-state index contributed by atoms with van der Waals surface area (Å²) in [5.41, 5.74) is 0. The van der Waals surface area contributed by atoms with Gasteiger partial charge in [0.15, 0.2) is 0 Å². The zero-order chi connectivity index (χ0) is 11.3. The molecule has 0 aromatic carbocycles. The molecule has 5 heteroatoms. The zero-order valence-corrected chi connectivity index (χ0v) is 8.53. The Morgan fingerprint density at radius 1 is 1.20 bits per heavy atom. The van der Waals surface area contributed by atoms with Crippen LogP contribution >= 0.6 is 0 Å². The monoisotopic (exact) mass is 212 g/mol. The Bertz CT molecular complexity index is 265. The lowest BCUT2D eigenvalue weighted by Crippen LogP contribution is -2.52. The molecule has 0 unspecified atom stereocenters. The number of nitrogens with one attached hydrogen (secondary N) is 2. The van der Waals surface area contributed by atoms with Crippen molar-refractivity contribution in [2.45, 2.75) is 37.8 Å². The summed E-state index contributed by atoms with van der Waals surface area (Å²) in [5.74, 6) is -0.251. The van der Waals surface area contributed by atoms with Crippen LogP contribution in [-0.4, -0.2) is 29.2 Å². The van der Waals surface area contributed by atoms with E-state index in [9.17, 15) is 9.59 Å². The van der Waals surface area contributed by atoms with E-state index in [1.807, 2.05) is 0 Å². The molecular weight excluding hydrogens is 196 g/mol. The predicted molar refractivity (Wildman–Crippen MR) is 55.5 cm³/mol. The predicted octanol–water partition coefficient (Wildman–Crippen LogP) is 0.867. The van der Waals surface area contributed by atoms with Crippen molar-refractivity contribution >= 4 is 12.0 Å².